The maximum absolute atomic E-state index is 13.5. The van der Waals surface area contributed by atoms with E-state index in [0.717, 1.165) is 101 Å². The second-order valence-electron chi connectivity index (χ2n) is 22.8. The van der Waals surface area contributed by atoms with Crippen molar-refractivity contribution in [3.05, 3.63) is 23.3 Å². The summed E-state index contributed by atoms with van der Waals surface area (Å²) in [7, 11) is 0. The summed E-state index contributed by atoms with van der Waals surface area (Å²) in [6.07, 6.45) is 19.1. The highest BCUT2D eigenvalue weighted by Crippen LogP contribution is 2.73. The van der Waals surface area contributed by atoms with E-state index in [0.29, 0.717) is 97.8 Å². The standard InChI is InChI=1S/C55H80N2O11S/c1-33-28-44(34(2)40-20-21-41-37-29-48-55(68-48)47(61)23-22-46(60)54(55,4)42(37)25-26-53(40,41)3)67-52(65)39(33)31-66-51(64)24-19-36(59)15-9-7-13-27-56-49(62)18-10-6-5-8-14-35(58)16-11-12-17-45-38-30-50(63)57-43(38)32-69-45/h22-23,34,37-38,40-45,47-48,61H,5-21,24-32H2,1-4H3,(H,56,62)(H,57,63)/t34-,37?,38?,40?,41?,42?,43?,44?,45?,47+,48-,53-,54+,55-/m1/s1. The molecule has 3 N–H and O–H groups in total. The van der Waals surface area contributed by atoms with Gasteiger partial charge in [-0.05, 0) is 132 Å². The Kier molecular flexibility index (Phi) is 16.7. The van der Waals surface area contributed by atoms with Crippen molar-refractivity contribution in [2.45, 2.75) is 211 Å². The minimum absolute atomic E-state index is 0.0126. The van der Waals surface area contributed by atoms with Crippen molar-refractivity contribution in [1.82, 2.24) is 10.6 Å². The smallest absolute Gasteiger partial charge is 0.337 e. The van der Waals surface area contributed by atoms with Gasteiger partial charge in [0.1, 0.15) is 36.0 Å². The third kappa shape index (κ3) is 10.9. The molecular weight excluding hydrogens is 897 g/mol. The molecule has 0 bridgehead atoms. The normalized spacial score (nSPS) is 36.6. The zero-order valence-corrected chi connectivity index (χ0v) is 42.6. The van der Waals surface area contributed by atoms with Crippen LogP contribution >= 0.6 is 11.8 Å². The Balaban J connectivity index is 0.639. The molecule has 4 aliphatic carbocycles. The third-order valence-corrected chi connectivity index (χ3v) is 20.5. The molecule has 8 rings (SSSR count). The second-order valence-corrected chi connectivity index (χ2v) is 24.1. The number of unbranched alkanes of at least 4 members (excludes halogenated alkanes) is 6. The molecule has 4 heterocycles. The minimum atomic E-state index is -0.777. The molecule has 0 radical (unpaired) electrons. The summed E-state index contributed by atoms with van der Waals surface area (Å²) in [5.74, 6) is 2.56. The number of aliphatic hydroxyl groups is 1. The number of rotatable bonds is 25. The molecule has 382 valence electrons. The van der Waals surface area contributed by atoms with Gasteiger partial charge in [0.05, 0.1) is 23.5 Å². The zero-order chi connectivity index (χ0) is 49.1. The van der Waals surface area contributed by atoms with E-state index in [9.17, 15) is 38.7 Å². The van der Waals surface area contributed by atoms with Crippen LogP contribution in [0.3, 0.4) is 0 Å². The number of fused-ring (bicyclic) bond motifs is 5. The Bertz CT molecular complexity index is 2040. The summed E-state index contributed by atoms with van der Waals surface area (Å²) in [5, 5.41) is 17.6. The summed E-state index contributed by atoms with van der Waals surface area (Å²) in [6.45, 7) is 8.98. The van der Waals surface area contributed by atoms with Crippen LogP contribution in [0.5, 0.6) is 0 Å². The molecule has 1 spiro atoms. The van der Waals surface area contributed by atoms with E-state index in [1.165, 1.54) is 0 Å². The summed E-state index contributed by atoms with van der Waals surface area (Å²) in [5.41, 5.74) is -0.209. The largest absolute Gasteiger partial charge is 0.461 e. The average Bonchev–Trinajstić information content (AvgIpc) is 3.53. The number of cyclic esters (lactones) is 1. The highest BCUT2D eigenvalue weighted by molar-refractivity contribution is 8.00. The van der Waals surface area contributed by atoms with Gasteiger partial charge in [-0.2, -0.15) is 11.8 Å². The van der Waals surface area contributed by atoms with Crippen molar-refractivity contribution in [2.24, 2.45) is 46.3 Å². The molecule has 0 aromatic heterocycles. The number of esters is 2. The lowest BCUT2D eigenvalue weighted by Gasteiger charge is -2.58. The van der Waals surface area contributed by atoms with Gasteiger partial charge in [0.15, 0.2) is 5.78 Å². The Hall–Kier alpha value is -3.36. The Morgan fingerprint density at radius 1 is 0.870 bits per heavy atom. The quantitative estimate of drug-likeness (QED) is 0.0454. The number of thioether (sulfide) groups is 1. The number of ketones is 3. The number of Topliss-reactive ketones (excluding diaryl/α,β-unsaturated/α-hetero) is 2. The van der Waals surface area contributed by atoms with Crippen LogP contribution in [-0.2, 0) is 47.8 Å². The summed E-state index contributed by atoms with van der Waals surface area (Å²) >= 11 is 1.97. The lowest BCUT2D eigenvalue weighted by atomic mass is 9.44. The van der Waals surface area contributed by atoms with Gasteiger partial charge in [0, 0.05) is 74.5 Å². The van der Waals surface area contributed by atoms with Gasteiger partial charge in [0.2, 0.25) is 11.8 Å². The SMILES string of the molecule is CC1=C(COC(=O)CCC(=O)CCCCCNC(=O)CCCCCCC(=O)CCCCC2SCC3NC(=O)CC32)C(=O)OC([C@H](C)C2CCC3C4C[C@H]5O[C@]56[C@@H](O)C=CC(=O)[C@]6(C)C4CC[C@@]32C)C1. The number of amides is 2. The van der Waals surface area contributed by atoms with Crippen LogP contribution in [-0.4, -0.2) is 100 Å². The van der Waals surface area contributed by atoms with E-state index in [1.54, 1.807) is 12.2 Å². The van der Waals surface area contributed by atoms with Gasteiger partial charge < -0.3 is 30.0 Å². The number of epoxide rings is 1. The van der Waals surface area contributed by atoms with Gasteiger partial charge in [-0.25, -0.2) is 4.79 Å². The number of hydrogen-bond donors (Lipinski definition) is 3. The molecule has 14 heteroatoms. The molecule has 0 aromatic rings. The van der Waals surface area contributed by atoms with Crippen LogP contribution < -0.4 is 10.6 Å². The van der Waals surface area contributed by atoms with Crippen LogP contribution in [0.1, 0.15) is 175 Å². The number of ether oxygens (including phenoxy) is 3. The fraction of sp³-hybridized carbons (Fsp3) is 0.800. The Labute approximate surface area is 414 Å². The second kappa shape index (κ2) is 22.2. The van der Waals surface area contributed by atoms with Crippen LogP contribution in [0.2, 0.25) is 0 Å². The molecule has 3 saturated heterocycles. The van der Waals surface area contributed by atoms with Crippen LogP contribution in [0.4, 0.5) is 0 Å². The third-order valence-electron chi connectivity index (χ3n) is 18.9. The first-order valence-corrected chi connectivity index (χ1v) is 28.0. The van der Waals surface area contributed by atoms with Crippen molar-refractivity contribution in [1.29, 1.82) is 0 Å². The Morgan fingerprint density at radius 2 is 1.58 bits per heavy atom. The lowest BCUT2D eigenvalue weighted by Crippen LogP contribution is -2.63. The monoisotopic (exact) mass is 977 g/mol. The summed E-state index contributed by atoms with van der Waals surface area (Å²) < 4.78 is 17.9. The van der Waals surface area contributed by atoms with Gasteiger partial charge in [0.25, 0.3) is 0 Å². The summed E-state index contributed by atoms with van der Waals surface area (Å²) in [6, 6.07) is 0.350. The number of aliphatic hydroxyl groups excluding tert-OH is 1. The van der Waals surface area contributed by atoms with E-state index in [1.807, 2.05) is 25.6 Å². The lowest BCUT2D eigenvalue weighted by molar-refractivity contribution is -0.156. The van der Waals surface area contributed by atoms with E-state index in [-0.39, 0.29) is 72.3 Å². The zero-order valence-electron chi connectivity index (χ0n) is 41.8. The highest BCUT2D eigenvalue weighted by Gasteiger charge is 2.80. The maximum atomic E-state index is 13.5. The number of allylic oxidation sites excluding steroid dienone is 1. The van der Waals surface area contributed by atoms with E-state index < -0.39 is 29.1 Å². The molecular formula is C55H80N2O11S. The van der Waals surface area contributed by atoms with Crippen LogP contribution in [0, 0.1) is 46.3 Å². The molecule has 8 unspecified atom stereocenters. The number of nitrogens with one attached hydrogen (secondary N) is 2. The molecule has 8 aliphatic rings. The first-order chi connectivity index (χ1) is 33.1. The van der Waals surface area contributed by atoms with Crippen LogP contribution in [0.25, 0.3) is 0 Å². The molecule has 2 amide bonds. The van der Waals surface area contributed by atoms with Crippen molar-refractivity contribution < 1.29 is 52.9 Å². The van der Waals surface area contributed by atoms with E-state index in [4.69, 9.17) is 14.2 Å². The van der Waals surface area contributed by atoms with Crippen molar-refractivity contribution in [2.75, 3.05) is 18.9 Å². The van der Waals surface area contributed by atoms with Crippen molar-refractivity contribution >= 4 is 52.9 Å². The first kappa shape index (κ1) is 52.0. The molecule has 14 atom stereocenters. The number of hydrogen-bond acceptors (Lipinski definition) is 12. The van der Waals surface area contributed by atoms with Gasteiger partial charge in [-0.15, -0.1) is 0 Å². The van der Waals surface area contributed by atoms with Crippen LogP contribution in [0.15, 0.2) is 23.3 Å². The van der Waals surface area contributed by atoms with Crippen molar-refractivity contribution in [3.8, 4) is 0 Å². The first-order valence-electron chi connectivity index (χ1n) is 26.9. The van der Waals surface area contributed by atoms with Crippen molar-refractivity contribution in [3.63, 3.8) is 0 Å². The molecule has 4 aliphatic heterocycles. The van der Waals surface area contributed by atoms with E-state index >= 15 is 0 Å². The van der Waals surface area contributed by atoms with E-state index in [2.05, 4.69) is 24.5 Å². The average molecular weight is 977 g/mol. The number of carbonyl (C=O) groups is 7. The molecule has 3 saturated carbocycles. The molecule has 0 aromatic carbocycles. The predicted molar refractivity (Wildman–Crippen MR) is 262 cm³/mol. The summed E-state index contributed by atoms with van der Waals surface area (Å²) in [4.78, 5) is 88.5. The Morgan fingerprint density at radius 3 is 2.33 bits per heavy atom. The number of carbonyl (C=O) groups excluding carboxylic acids is 7. The fourth-order valence-electron chi connectivity index (χ4n) is 14.9. The van der Waals surface area contributed by atoms with Gasteiger partial charge in [-0.1, -0.05) is 45.1 Å². The molecule has 69 heavy (non-hydrogen) atoms. The predicted octanol–water partition coefficient (Wildman–Crippen LogP) is 8.02. The fourth-order valence-corrected chi connectivity index (χ4v) is 16.5. The van der Waals surface area contributed by atoms with Gasteiger partial charge >= 0.3 is 11.9 Å². The molecule has 13 nitrogen and oxygen atoms in total. The highest BCUT2D eigenvalue weighted by atomic mass is 32.2. The van der Waals surface area contributed by atoms with Gasteiger partial charge in [-0.3, -0.25) is 28.8 Å². The topological polar surface area (TPSA) is 195 Å². The molecule has 6 fully saturated rings. The minimum Gasteiger partial charge on any atom is -0.461 e. The maximum Gasteiger partial charge on any atom is 0.337 e.